The third-order valence-corrected chi connectivity index (χ3v) is 8.52. The number of nitrogens with zero attached hydrogens (tertiary/aromatic N) is 3. The molecule has 0 bridgehead atoms. The summed E-state index contributed by atoms with van der Waals surface area (Å²) in [6, 6.07) is 11.1. The molecule has 4 aromatic rings. The molecule has 1 saturated heterocycles. The molecule has 9 nitrogen and oxygen atoms in total. The summed E-state index contributed by atoms with van der Waals surface area (Å²) in [5, 5.41) is 11.1. The lowest BCUT2D eigenvalue weighted by Crippen LogP contribution is -2.42. The van der Waals surface area contributed by atoms with Gasteiger partial charge in [0.2, 0.25) is 5.91 Å². The van der Waals surface area contributed by atoms with E-state index in [2.05, 4.69) is 15.5 Å². The van der Waals surface area contributed by atoms with E-state index in [0.717, 1.165) is 16.7 Å². The number of hydrogen-bond acceptors (Lipinski definition) is 8. The van der Waals surface area contributed by atoms with Crippen molar-refractivity contribution in [1.29, 1.82) is 0 Å². The molecular weight excluding hydrogens is 464 g/mol. The van der Waals surface area contributed by atoms with Gasteiger partial charge in [0.1, 0.15) is 15.8 Å². The van der Waals surface area contributed by atoms with Gasteiger partial charge in [0.05, 0.1) is 4.34 Å². The number of amides is 1. The van der Waals surface area contributed by atoms with Gasteiger partial charge in [-0.25, -0.2) is 8.42 Å². The maximum atomic E-state index is 12.9. The van der Waals surface area contributed by atoms with Crippen LogP contribution in [-0.4, -0.2) is 41.4 Å². The van der Waals surface area contributed by atoms with Crippen molar-refractivity contribution in [3.05, 3.63) is 46.8 Å². The van der Waals surface area contributed by atoms with E-state index in [1.807, 2.05) is 24.3 Å². The molecule has 1 aromatic carbocycles. The van der Waals surface area contributed by atoms with Crippen LogP contribution in [0.15, 0.2) is 55.5 Å². The molecule has 1 fully saturated rings. The Kier molecular flexibility index (Phi) is 5.05. The molecule has 31 heavy (non-hydrogen) atoms. The Balaban J connectivity index is 1.34. The van der Waals surface area contributed by atoms with Gasteiger partial charge in [0.25, 0.3) is 15.9 Å². The lowest BCUT2D eigenvalue weighted by atomic mass is 10.2. The van der Waals surface area contributed by atoms with E-state index in [4.69, 9.17) is 20.4 Å². The number of aromatic nitrogens is 2. The van der Waals surface area contributed by atoms with Gasteiger partial charge in [-0.05, 0) is 37.1 Å². The van der Waals surface area contributed by atoms with Crippen LogP contribution in [-0.2, 0) is 14.8 Å². The molecule has 1 atom stereocenters. The molecule has 1 aliphatic rings. The quantitative estimate of drug-likeness (QED) is 0.460. The third-order valence-electron chi connectivity index (χ3n) is 4.91. The van der Waals surface area contributed by atoms with E-state index >= 15 is 0 Å². The summed E-state index contributed by atoms with van der Waals surface area (Å²) >= 11 is 6.83. The average molecular weight is 479 g/mol. The predicted octanol–water partition coefficient (Wildman–Crippen LogP) is 3.99. The lowest BCUT2D eigenvalue weighted by Gasteiger charge is -2.21. The molecule has 12 heteroatoms. The Bertz CT molecular complexity index is 1340. The number of benzene rings is 1. The second-order valence-electron chi connectivity index (χ2n) is 6.88. The van der Waals surface area contributed by atoms with Crippen molar-refractivity contribution in [1.82, 2.24) is 14.5 Å². The van der Waals surface area contributed by atoms with Gasteiger partial charge >= 0.3 is 6.01 Å². The summed E-state index contributed by atoms with van der Waals surface area (Å²) in [6.07, 6.45) is 0.944. The first-order valence-electron chi connectivity index (χ1n) is 9.32. The summed E-state index contributed by atoms with van der Waals surface area (Å²) in [4.78, 5) is 12.8. The van der Waals surface area contributed by atoms with E-state index in [0.29, 0.717) is 28.5 Å². The number of nitrogens with one attached hydrogen (secondary N) is 1. The Hall–Kier alpha value is -2.73. The number of carbonyl (C=O) groups excluding carboxylic acids is 1. The van der Waals surface area contributed by atoms with Crippen molar-refractivity contribution in [3.63, 3.8) is 0 Å². The van der Waals surface area contributed by atoms with E-state index < -0.39 is 22.0 Å². The largest absolute Gasteiger partial charge is 0.451 e. The molecule has 0 aliphatic carbocycles. The maximum absolute atomic E-state index is 12.9. The second-order valence-corrected chi connectivity index (χ2v) is 10.7. The molecule has 0 saturated carbocycles. The summed E-state index contributed by atoms with van der Waals surface area (Å²) in [5.41, 5.74) is 0.668. The van der Waals surface area contributed by atoms with Crippen LogP contribution in [0.2, 0.25) is 4.34 Å². The van der Waals surface area contributed by atoms with Crippen LogP contribution in [0.5, 0.6) is 0 Å². The zero-order valence-corrected chi connectivity index (χ0v) is 18.2. The fourth-order valence-corrected chi connectivity index (χ4v) is 6.76. The number of carbonyl (C=O) groups is 1. The Labute approximate surface area is 185 Å². The van der Waals surface area contributed by atoms with Gasteiger partial charge in [-0.15, -0.1) is 16.4 Å². The average Bonchev–Trinajstić information content (AvgIpc) is 3.52. The summed E-state index contributed by atoms with van der Waals surface area (Å²) < 4.78 is 38.7. The zero-order valence-electron chi connectivity index (χ0n) is 15.8. The first-order valence-corrected chi connectivity index (χ1v) is 12.0. The normalized spacial score (nSPS) is 17.4. The maximum Gasteiger partial charge on any atom is 0.322 e. The minimum absolute atomic E-state index is 0.0992. The molecule has 1 unspecified atom stereocenters. The van der Waals surface area contributed by atoms with E-state index in [1.165, 1.54) is 16.4 Å². The van der Waals surface area contributed by atoms with Crippen molar-refractivity contribution < 1.29 is 22.0 Å². The molecule has 3 aromatic heterocycles. The number of hydrogen-bond donors (Lipinski definition) is 1. The first kappa shape index (κ1) is 20.2. The highest BCUT2D eigenvalue weighted by Crippen LogP contribution is 2.33. The molecule has 1 aliphatic heterocycles. The van der Waals surface area contributed by atoms with Gasteiger partial charge < -0.3 is 8.83 Å². The smallest absolute Gasteiger partial charge is 0.322 e. The number of thiophene rings is 1. The van der Waals surface area contributed by atoms with Crippen molar-refractivity contribution in [2.24, 2.45) is 0 Å². The summed E-state index contributed by atoms with van der Waals surface area (Å²) in [7, 11) is -3.83. The number of anilines is 1. The van der Waals surface area contributed by atoms with Gasteiger partial charge in [0.15, 0.2) is 5.76 Å². The predicted molar refractivity (Wildman–Crippen MR) is 114 cm³/mol. The van der Waals surface area contributed by atoms with Crippen LogP contribution in [0.1, 0.15) is 12.8 Å². The molecular formula is C19H15ClN4O5S2. The topological polar surface area (TPSA) is 119 Å². The van der Waals surface area contributed by atoms with Crippen molar-refractivity contribution in [3.8, 4) is 11.7 Å². The van der Waals surface area contributed by atoms with Gasteiger partial charge in [-0.2, -0.15) is 4.31 Å². The minimum atomic E-state index is -3.83. The monoisotopic (exact) mass is 478 g/mol. The van der Waals surface area contributed by atoms with Crippen molar-refractivity contribution in [2.45, 2.75) is 23.1 Å². The molecule has 160 valence electrons. The summed E-state index contributed by atoms with van der Waals surface area (Å²) in [5.74, 6) is -0.0620. The lowest BCUT2D eigenvalue weighted by molar-refractivity contribution is -0.119. The summed E-state index contributed by atoms with van der Waals surface area (Å²) in [6.45, 7) is 0.240. The van der Waals surface area contributed by atoms with Crippen LogP contribution in [0.3, 0.4) is 0 Å². The van der Waals surface area contributed by atoms with Crippen LogP contribution in [0.4, 0.5) is 6.01 Å². The van der Waals surface area contributed by atoms with Gasteiger partial charge in [-0.1, -0.05) is 34.9 Å². The van der Waals surface area contributed by atoms with Crippen LogP contribution >= 0.6 is 22.9 Å². The van der Waals surface area contributed by atoms with Gasteiger partial charge in [0, 0.05) is 11.9 Å². The molecule has 0 spiro atoms. The van der Waals surface area contributed by atoms with E-state index in [1.54, 1.807) is 6.07 Å². The Morgan fingerprint density at radius 1 is 1.19 bits per heavy atom. The van der Waals surface area contributed by atoms with Gasteiger partial charge in [-0.3, -0.25) is 10.1 Å². The second kappa shape index (κ2) is 7.75. The van der Waals surface area contributed by atoms with Crippen LogP contribution in [0, 0.1) is 0 Å². The third kappa shape index (κ3) is 3.74. The van der Waals surface area contributed by atoms with E-state index in [-0.39, 0.29) is 22.7 Å². The first-order chi connectivity index (χ1) is 14.9. The highest BCUT2D eigenvalue weighted by molar-refractivity contribution is 7.91. The minimum Gasteiger partial charge on any atom is -0.451 e. The SMILES string of the molecule is O=C(Nc1nnc(-c2cc3ccccc3o2)o1)C1CCCN1S(=O)(=O)c1ccc(Cl)s1. The van der Waals surface area contributed by atoms with E-state index in [9.17, 15) is 13.2 Å². The Morgan fingerprint density at radius 3 is 2.81 bits per heavy atom. The van der Waals surface area contributed by atoms with Crippen molar-refractivity contribution in [2.75, 3.05) is 11.9 Å². The Morgan fingerprint density at radius 2 is 2.03 bits per heavy atom. The molecule has 1 amide bonds. The number of fused-ring (bicyclic) bond motifs is 1. The standard InChI is InChI=1S/C19H15ClN4O5S2/c20-15-7-8-16(30-15)31(26,27)24-9-3-5-12(24)17(25)21-19-23-22-18(29-19)14-10-11-4-1-2-6-13(11)28-14/h1-2,4,6-8,10,12H,3,5,9H2,(H,21,23,25). The highest BCUT2D eigenvalue weighted by Gasteiger charge is 2.40. The highest BCUT2D eigenvalue weighted by atomic mass is 35.5. The molecule has 5 rings (SSSR count). The zero-order chi connectivity index (χ0) is 21.6. The molecule has 1 N–H and O–H groups in total. The van der Waals surface area contributed by atoms with Crippen LogP contribution < -0.4 is 5.32 Å². The molecule has 4 heterocycles. The fraction of sp³-hybridized carbons (Fsp3) is 0.211. The number of sulfonamides is 1. The molecule has 0 radical (unpaired) electrons. The number of halogens is 1. The number of para-hydroxylation sites is 1. The number of furan rings is 1. The fourth-order valence-electron chi connectivity index (χ4n) is 3.49. The number of rotatable bonds is 5. The van der Waals surface area contributed by atoms with Crippen molar-refractivity contribution >= 4 is 55.9 Å². The van der Waals surface area contributed by atoms with Crippen LogP contribution in [0.25, 0.3) is 22.6 Å².